The smallest absolute Gasteiger partial charge is 0.261 e. The SMILES string of the molecule is C=N/C(=C\C=C(/C)N1CCN(C)CC1)Nc1ncnc(Oc2cc(F)c3c(cc(C)n3C(=O)C3CC3)c2F)c1F. The lowest BCUT2D eigenvalue weighted by molar-refractivity contribution is 0.0889. The standard InChI is InChI=1S/C28H30F3N7O2/c1-16(37-11-9-36(4)10-12-37)5-8-22(32-3)35-26-24(31)27(34-15-33-26)40-21-14-20(29)25-19(23(21)30)13-17(2)38(25)28(39)18-6-7-18/h5,8,13-15,18H,3,6-7,9-12H2,1-2,4H3,(H,33,34,35)/b16-5+,22-8+. The number of nitrogens with zero attached hydrogens (tertiary/aromatic N) is 6. The summed E-state index contributed by atoms with van der Waals surface area (Å²) in [7, 11) is 2.08. The monoisotopic (exact) mass is 553 g/mol. The Hall–Kier alpha value is -4.19. The molecule has 3 aromatic rings. The predicted molar refractivity (Wildman–Crippen MR) is 146 cm³/mol. The molecule has 2 aromatic heterocycles. The number of ether oxygens (including phenoxy) is 1. The largest absolute Gasteiger partial charge is 0.433 e. The van der Waals surface area contributed by atoms with E-state index < -0.39 is 29.1 Å². The Balaban J connectivity index is 1.38. The summed E-state index contributed by atoms with van der Waals surface area (Å²) in [6.45, 7) is 10.8. The van der Waals surface area contributed by atoms with Crippen LogP contribution in [0.25, 0.3) is 10.9 Å². The second kappa shape index (κ2) is 11.1. The predicted octanol–water partition coefficient (Wildman–Crippen LogP) is 5.10. The van der Waals surface area contributed by atoms with Crippen LogP contribution in [-0.4, -0.2) is 70.2 Å². The van der Waals surface area contributed by atoms with Crippen LogP contribution in [0, 0.1) is 30.3 Å². The van der Waals surface area contributed by atoms with Crippen molar-refractivity contribution >= 4 is 29.3 Å². The molecule has 1 saturated carbocycles. The molecule has 0 amide bonds. The van der Waals surface area contributed by atoms with E-state index in [1.807, 2.05) is 13.0 Å². The molecule has 2 aliphatic rings. The lowest BCUT2D eigenvalue weighted by Gasteiger charge is -2.34. The molecule has 12 heteroatoms. The summed E-state index contributed by atoms with van der Waals surface area (Å²) in [4.78, 5) is 28.7. The van der Waals surface area contributed by atoms with E-state index in [0.29, 0.717) is 5.69 Å². The van der Waals surface area contributed by atoms with Gasteiger partial charge in [0.1, 0.15) is 12.1 Å². The summed E-state index contributed by atoms with van der Waals surface area (Å²) in [6.07, 6.45) is 5.94. The number of allylic oxidation sites excluding steroid dienone is 3. The molecule has 5 rings (SSSR count). The quantitative estimate of drug-likeness (QED) is 0.307. The summed E-state index contributed by atoms with van der Waals surface area (Å²) in [5.41, 5.74) is 1.24. The minimum atomic E-state index is -1.03. The first-order chi connectivity index (χ1) is 19.2. The lowest BCUT2D eigenvalue weighted by atomic mass is 10.2. The highest BCUT2D eigenvalue weighted by atomic mass is 19.1. The van der Waals surface area contributed by atoms with Crippen molar-refractivity contribution in [2.45, 2.75) is 26.7 Å². The number of likely N-dealkylation sites (N-methyl/N-ethyl adjacent to an activating group) is 1. The van der Waals surface area contributed by atoms with Gasteiger partial charge in [-0.1, -0.05) is 0 Å². The molecule has 0 spiro atoms. The van der Waals surface area contributed by atoms with E-state index in [-0.39, 0.29) is 34.4 Å². The van der Waals surface area contributed by atoms with Gasteiger partial charge in [-0.3, -0.25) is 9.36 Å². The van der Waals surface area contributed by atoms with Gasteiger partial charge in [-0.25, -0.2) is 18.8 Å². The normalized spacial score (nSPS) is 16.9. The van der Waals surface area contributed by atoms with Crippen molar-refractivity contribution in [1.29, 1.82) is 0 Å². The first-order valence-corrected chi connectivity index (χ1v) is 13.0. The van der Waals surface area contributed by atoms with Gasteiger partial charge in [0.05, 0.1) is 5.52 Å². The summed E-state index contributed by atoms with van der Waals surface area (Å²) >= 11 is 0. The van der Waals surface area contributed by atoms with E-state index in [1.54, 1.807) is 13.0 Å². The Morgan fingerprint density at radius 1 is 1.12 bits per heavy atom. The maximum Gasteiger partial charge on any atom is 0.261 e. The van der Waals surface area contributed by atoms with E-state index in [0.717, 1.165) is 57.1 Å². The average Bonchev–Trinajstić information content (AvgIpc) is 3.73. The van der Waals surface area contributed by atoms with E-state index in [1.165, 1.54) is 10.6 Å². The summed E-state index contributed by atoms with van der Waals surface area (Å²) in [5.74, 6) is -4.57. The van der Waals surface area contributed by atoms with Gasteiger partial charge in [-0.05, 0) is 58.7 Å². The van der Waals surface area contributed by atoms with Crippen molar-refractivity contribution in [3.63, 3.8) is 0 Å². The molecule has 0 unspecified atom stereocenters. The first kappa shape index (κ1) is 27.4. The molecule has 0 atom stereocenters. The first-order valence-electron chi connectivity index (χ1n) is 13.0. The third-order valence-corrected chi connectivity index (χ3v) is 7.13. The van der Waals surface area contributed by atoms with Crippen LogP contribution in [-0.2, 0) is 0 Å². The number of rotatable bonds is 8. The van der Waals surface area contributed by atoms with Crippen molar-refractivity contribution in [2.24, 2.45) is 10.9 Å². The van der Waals surface area contributed by atoms with Crippen LogP contribution < -0.4 is 10.1 Å². The van der Waals surface area contributed by atoms with Crippen LogP contribution >= 0.6 is 0 Å². The van der Waals surface area contributed by atoms with Gasteiger partial charge in [-0.2, -0.15) is 9.37 Å². The number of hydrogen-bond acceptors (Lipinski definition) is 8. The molecular formula is C28H30F3N7O2. The minimum Gasteiger partial charge on any atom is -0.433 e. The molecule has 0 radical (unpaired) electrons. The van der Waals surface area contributed by atoms with E-state index in [4.69, 9.17) is 4.74 Å². The second-order valence-corrected chi connectivity index (χ2v) is 10.0. The van der Waals surface area contributed by atoms with E-state index in [2.05, 4.69) is 43.8 Å². The number of hydrogen-bond donors (Lipinski definition) is 1. The zero-order chi connectivity index (χ0) is 28.6. The van der Waals surface area contributed by atoms with Crippen molar-refractivity contribution in [2.75, 3.05) is 38.5 Å². The molecule has 2 fully saturated rings. The number of halogens is 3. The number of aryl methyl sites for hydroxylation is 1. The van der Waals surface area contributed by atoms with Crippen LogP contribution in [0.1, 0.15) is 30.3 Å². The molecule has 210 valence electrons. The fourth-order valence-corrected chi connectivity index (χ4v) is 4.63. The molecule has 0 bridgehead atoms. The molecule has 1 aliphatic heterocycles. The highest BCUT2D eigenvalue weighted by molar-refractivity contribution is 5.96. The molecule has 9 nitrogen and oxygen atoms in total. The fourth-order valence-electron chi connectivity index (χ4n) is 4.63. The molecule has 1 N–H and O–H groups in total. The van der Waals surface area contributed by atoms with Gasteiger partial charge < -0.3 is 19.9 Å². The Morgan fingerprint density at radius 3 is 2.52 bits per heavy atom. The highest BCUT2D eigenvalue weighted by Gasteiger charge is 2.33. The number of anilines is 1. The van der Waals surface area contributed by atoms with Gasteiger partial charge >= 0.3 is 0 Å². The Bertz CT molecular complexity index is 1540. The maximum absolute atomic E-state index is 15.4. The zero-order valence-electron chi connectivity index (χ0n) is 22.5. The van der Waals surface area contributed by atoms with Crippen LogP contribution in [0.4, 0.5) is 19.0 Å². The molecule has 1 aromatic carbocycles. The van der Waals surface area contributed by atoms with Crippen LogP contribution in [0.5, 0.6) is 11.6 Å². The summed E-state index contributed by atoms with van der Waals surface area (Å²) in [6, 6.07) is 2.15. The number of fused-ring (bicyclic) bond motifs is 1. The van der Waals surface area contributed by atoms with Gasteiger partial charge in [0, 0.05) is 54.9 Å². The minimum absolute atomic E-state index is 0.141. The molecular weight excluding hydrogens is 523 g/mol. The molecule has 1 saturated heterocycles. The number of piperazine rings is 1. The topological polar surface area (TPSA) is 87.9 Å². The van der Waals surface area contributed by atoms with Gasteiger partial charge in [0.2, 0.25) is 11.7 Å². The van der Waals surface area contributed by atoms with Crippen molar-refractivity contribution in [3.05, 3.63) is 65.3 Å². The average molecular weight is 554 g/mol. The van der Waals surface area contributed by atoms with Crippen molar-refractivity contribution < 1.29 is 22.7 Å². The van der Waals surface area contributed by atoms with Gasteiger partial charge in [0.15, 0.2) is 23.2 Å². The second-order valence-electron chi connectivity index (χ2n) is 10.0. The number of carbonyl (C=O) groups is 1. The lowest BCUT2D eigenvalue weighted by Crippen LogP contribution is -2.43. The number of aliphatic imine (C=N–C) groups is 1. The molecule has 1 aliphatic carbocycles. The van der Waals surface area contributed by atoms with Crippen LogP contribution in [0.2, 0.25) is 0 Å². The van der Waals surface area contributed by atoms with Crippen molar-refractivity contribution in [3.8, 4) is 11.6 Å². The Morgan fingerprint density at radius 2 is 1.85 bits per heavy atom. The van der Waals surface area contributed by atoms with Crippen LogP contribution in [0.15, 0.2) is 47.1 Å². The number of aromatic nitrogens is 3. The Labute approximate surface area is 229 Å². The van der Waals surface area contributed by atoms with E-state index >= 15 is 13.2 Å². The van der Waals surface area contributed by atoms with E-state index in [9.17, 15) is 4.79 Å². The maximum atomic E-state index is 15.4. The number of nitrogens with one attached hydrogen (secondary N) is 1. The third-order valence-electron chi connectivity index (χ3n) is 7.13. The van der Waals surface area contributed by atoms with Crippen LogP contribution in [0.3, 0.4) is 0 Å². The molecule has 3 heterocycles. The number of carbonyl (C=O) groups excluding carboxylic acids is 1. The Kier molecular flexibility index (Phi) is 7.61. The number of benzene rings is 1. The third kappa shape index (κ3) is 5.44. The highest BCUT2D eigenvalue weighted by Crippen LogP contribution is 2.38. The fraction of sp³-hybridized carbons (Fsp3) is 0.357. The summed E-state index contributed by atoms with van der Waals surface area (Å²) < 4.78 is 52.4. The summed E-state index contributed by atoms with van der Waals surface area (Å²) in [5, 5.41) is 2.59. The molecule has 40 heavy (non-hydrogen) atoms. The zero-order valence-corrected chi connectivity index (χ0v) is 22.5. The van der Waals surface area contributed by atoms with Crippen molar-refractivity contribution in [1.82, 2.24) is 24.3 Å². The van der Waals surface area contributed by atoms with Gasteiger partial charge in [0.25, 0.3) is 5.88 Å². The van der Waals surface area contributed by atoms with Gasteiger partial charge in [-0.15, -0.1) is 0 Å².